The minimum atomic E-state index is -4.39. The summed E-state index contributed by atoms with van der Waals surface area (Å²) in [7, 11) is 0. The summed E-state index contributed by atoms with van der Waals surface area (Å²) in [6.07, 6.45) is -4.39. The van der Waals surface area contributed by atoms with Crippen LogP contribution >= 0.6 is 11.6 Å². The van der Waals surface area contributed by atoms with E-state index in [-0.39, 0.29) is 16.8 Å². The van der Waals surface area contributed by atoms with Crippen LogP contribution in [0.25, 0.3) is 0 Å². The topological polar surface area (TPSA) is 23.6 Å². The molecule has 1 amide bonds. The minimum absolute atomic E-state index is 0.0646. The number of halogens is 4. The Morgan fingerprint density at radius 1 is 1.18 bits per heavy atom. The first-order chi connectivity index (χ1) is 10.2. The zero-order chi connectivity index (χ0) is 16.5. The lowest BCUT2D eigenvalue weighted by molar-refractivity contribution is -0.137. The number of alkyl halides is 3. The molecule has 0 saturated carbocycles. The van der Waals surface area contributed by atoms with Crippen molar-refractivity contribution < 1.29 is 18.0 Å². The average Bonchev–Trinajstić information content (AvgIpc) is 2.46. The molecule has 0 N–H and O–H groups in total. The van der Waals surface area contributed by atoms with Crippen molar-refractivity contribution in [3.05, 3.63) is 28.8 Å². The Morgan fingerprint density at radius 3 is 2.27 bits per heavy atom. The van der Waals surface area contributed by atoms with Gasteiger partial charge in [0, 0.05) is 32.1 Å². The molecule has 0 spiro atoms. The number of hydrogen-bond donors (Lipinski definition) is 0. The molecule has 1 saturated heterocycles. The fourth-order valence-electron chi connectivity index (χ4n) is 2.46. The SMILES string of the molecule is CC(C)C(=O)N1CCN(c2cc(C(F)(F)F)ccc2Cl)CC1. The van der Waals surface area contributed by atoms with Crippen molar-refractivity contribution in [2.45, 2.75) is 20.0 Å². The van der Waals surface area contributed by atoms with Crippen molar-refractivity contribution in [3.63, 3.8) is 0 Å². The minimum Gasteiger partial charge on any atom is -0.367 e. The van der Waals surface area contributed by atoms with Crippen molar-refractivity contribution in [2.24, 2.45) is 5.92 Å². The van der Waals surface area contributed by atoms with Crippen LogP contribution in [-0.2, 0) is 11.0 Å². The van der Waals surface area contributed by atoms with E-state index in [4.69, 9.17) is 11.6 Å². The molecule has 0 radical (unpaired) electrons. The van der Waals surface area contributed by atoms with E-state index in [2.05, 4.69) is 0 Å². The van der Waals surface area contributed by atoms with Gasteiger partial charge in [0.05, 0.1) is 16.3 Å². The van der Waals surface area contributed by atoms with E-state index in [0.717, 1.165) is 12.1 Å². The molecule has 7 heteroatoms. The molecule has 1 heterocycles. The van der Waals surface area contributed by atoms with Crippen LogP contribution < -0.4 is 4.90 Å². The average molecular weight is 335 g/mol. The van der Waals surface area contributed by atoms with Gasteiger partial charge in [0.1, 0.15) is 0 Å². The molecule has 3 nitrogen and oxygen atoms in total. The zero-order valence-electron chi connectivity index (χ0n) is 12.5. The van der Waals surface area contributed by atoms with Gasteiger partial charge in [0.2, 0.25) is 5.91 Å². The van der Waals surface area contributed by atoms with Crippen LogP contribution in [0, 0.1) is 5.92 Å². The molecule has 122 valence electrons. The van der Waals surface area contributed by atoms with Gasteiger partial charge < -0.3 is 9.80 Å². The normalized spacial score (nSPS) is 16.3. The molecule has 1 aromatic rings. The summed E-state index contributed by atoms with van der Waals surface area (Å²) in [4.78, 5) is 15.5. The smallest absolute Gasteiger partial charge is 0.367 e. The maximum Gasteiger partial charge on any atom is 0.416 e. The lowest BCUT2D eigenvalue weighted by atomic mass is 10.1. The number of anilines is 1. The largest absolute Gasteiger partial charge is 0.416 e. The van der Waals surface area contributed by atoms with E-state index in [1.807, 2.05) is 13.8 Å². The molecule has 2 rings (SSSR count). The first-order valence-corrected chi connectivity index (χ1v) is 7.48. The van der Waals surface area contributed by atoms with E-state index in [1.165, 1.54) is 6.07 Å². The molecule has 22 heavy (non-hydrogen) atoms. The lowest BCUT2D eigenvalue weighted by Crippen LogP contribution is -2.50. The Bertz CT molecular complexity index is 552. The first-order valence-electron chi connectivity index (χ1n) is 7.10. The van der Waals surface area contributed by atoms with Gasteiger partial charge in [-0.1, -0.05) is 25.4 Å². The summed E-state index contributed by atoms with van der Waals surface area (Å²) in [6.45, 7) is 5.59. The Hall–Kier alpha value is -1.43. The summed E-state index contributed by atoms with van der Waals surface area (Å²) in [5.41, 5.74) is -0.347. The molecule has 1 aliphatic rings. The van der Waals surface area contributed by atoms with Crippen molar-refractivity contribution in [1.82, 2.24) is 4.90 Å². The van der Waals surface area contributed by atoms with Crippen LogP contribution in [-0.4, -0.2) is 37.0 Å². The van der Waals surface area contributed by atoms with E-state index >= 15 is 0 Å². The molecular weight excluding hydrogens is 317 g/mol. The number of amides is 1. The second-order valence-corrected chi connectivity index (χ2v) is 6.04. The van der Waals surface area contributed by atoms with Crippen LogP contribution in [0.3, 0.4) is 0 Å². The molecule has 0 aromatic heterocycles. The van der Waals surface area contributed by atoms with Crippen LogP contribution in [0.2, 0.25) is 5.02 Å². The van der Waals surface area contributed by atoms with Gasteiger partial charge in [-0.25, -0.2) is 0 Å². The van der Waals surface area contributed by atoms with Crippen LogP contribution in [0.15, 0.2) is 18.2 Å². The molecule has 0 atom stereocenters. The monoisotopic (exact) mass is 334 g/mol. The van der Waals surface area contributed by atoms with Crippen molar-refractivity contribution in [1.29, 1.82) is 0 Å². The number of rotatable bonds is 2. The molecule has 0 aliphatic carbocycles. The molecule has 1 fully saturated rings. The number of nitrogens with zero attached hydrogens (tertiary/aromatic N) is 2. The highest BCUT2D eigenvalue weighted by Crippen LogP contribution is 2.35. The van der Waals surface area contributed by atoms with E-state index in [0.29, 0.717) is 31.9 Å². The van der Waals surface area contributed by atoms with Crippen LogP contribution in [0.5, 0.6) is 0 Å². The first kappa shape index (κ1) is 16.9. The molecule has 1 aromatic carbocycles. The third-order valence-electron chi connectivity index (χ3n) is 3.70. The zero-order valence-corrected chi connectivity index (χ0v) is 13.2. The molecular formula is C15H18ClF3N2O. The van der Waals surface area contributed by atoms with Crippen LogP contribution in [0.4, 0.5) is 18.9 Å². The number of hydrogen-bond acceptors (Lipinski definition) is 2. The highest BCUT2D eigenvalue weighted by Gasteiger charge is 2.32. The standard InChI is InChI=1S/C15H18ClF3N2O/c1-10(2)14(22)21-7-5-20(6-8-21)13-9-11(15(17,18)19)3-4-12(13)16/h3-4,9-10H,5-8H2,1-2H3. The van der Waals surface area contributed by atoms with Gasteiger partial charge >= 0.3 is 6.18 Å². The van der Waals surface area contributed by atoms with Gasteiger partial charge in [0.15, 0.2) is 0 Å². The highest BCUT2D eigenvalue weighted by atomic mass is 35.5. The predicted molar refractivity (Wildman–Crippen MR) is 80.1 cm³/mol. The summed E-state index contributed by atoms with van der Waals surface area (Å²) < 4.78 is 38.4. The maximum atomic E-state index is 12.8. The van der Waals surface area contributed by atoms with Gasteiger partial charge in [-0.05, 0) is 18.2 Å². The van der Waals surface area contributed by atoms with E-state index < -0.39 is 11.7 Å². The lowest BCUT2D eigenvalue weighted by Gasteiger charge is -2.37. The Morgan fingerprint density at radius 2 is 1.77 bits per heavy atom. The fourth-order valence-corrected chi connectivity index (χ4v) is 2.70. The quantitative estimate of drug-likeness (QED) is 0.824. The number of carbonyl (C=O) groups excluding carboxylic acids is 1. The second-order valence-electron chi connectivity index (χ2n) is 5.63. The summed E-state index contributed by atoms with van der Waals surface area (Å²) in [5, 5.41) is 0.289. The molecule has 1 aliphatic heterocycles. The van der Waals surface area contributed by atoms with Crippen molar-refractivity contribution in [2.75, 3.05) is 31.1 Å². The Labute approximate surface area is 132 Å². The van der Waals surface area contributed by atoms with Gasteiger partial charge in [-0.15, -0.1) is 0 Å². The maximum absolute atomic E-state index is 12.8. The van der Waals surface area contributed by atoms with E-state index in [9.17, 15) is 18.0 Å². The predicted octanol–water partition coefficient (Wildman–Crippen LogP) is 3.66. The summed E-state index contributed by atoms with van der Waals surface area (Å²) in [5.74, 6) is -0.0153. The second kappa shape index (κ2) is 6.36. The number of piperazine rings is 1. The third-order valence-corrected chi connectivity index (χ3v) is 4.02. The van der Waals surface area contributed by atoms with Gasteiger partial charge in [-0.3, -0.25) is 4.79 Å². The molecule has 0 bridgehead atoms. The number of carbonyl (C=O) groups is 1. The highest BCUT2D eigenvalue weighted by molar-refractivity contribution is 6.33. The van der Waals surface area contributed by atoms with E-state index in [1.54, 1.807) is 9.80 Å². The summed E-state index contributed by atoms with van der Waals surface area (Å²) in [6, 6.07) is 3.32. The third kappa shape index (κ3) is 3.66. The van der Waals surface area contributed by atoms with Crippen LogP contribution in [0.1, 0.15) is 19.4 Å². The number of benzene rings is 1. The summed E-state index contributed by atoms with van der Waals surface area (Å²) >= 11 is 6.04. The van der Waals surface area contributed by atoms with Gasteiger partial charge in [0.25, 0.3) is 0 Å². The van der Waals surface area contributed by atoms with Crippen molar-refractivity contribution in [3.8, 4) is 0 Å². The Balaban J connectivity index is 2.13. The fraction of sp³-hybridized carbons (Fsp3) is 0.533. The Kier molecular flexibility index (Phi) is 4.90. The molecule has 0 unspecified atom stereocenters. The van der Waals surface area contributed by atoms with Crippen molar-refractivity contribution >= 4 is 23.2 Å². The van der Waals surface area contributed by atoms with Gasteiger partial charge in [-0.2, -0.15) is 13.2 Å².